The Morgan fingerprint density at radius 3 is 2.67 bits per heavy atom. The van der Waals surface area contributed by atoms with Gasteiger partial charge in [0.25, 0.3) is 11.8 Å². The van der Waals surface area contributed by atoms with Gasteiger partial charge in [-0.1, -0.05) is 29.8 Å². The molecule has 3 N–H and O–H groups in total. The molecule has 1 heterocycles. The lowest BCUT2D eigenvalue weighted by Gasteiger charge is -2.08. The van der Waals surface area contributed by atoms with Crippen LogP contribution in [-0.4, -0.2) is 42.3 Å². The first-order valence-electron chi connectivity index (χ1n) is 9.73. The van der Waals surface area contributed by atoms with E-state index in [1.54, 1.807) is 30.3 Å². The lowest BCUT2D eigenvalue weighted by Crippen LogP contribution is -2.37. The Labute approximate surface area is 194 Å². The number of halogens is 1. The fraction of sp³-hybridized carbons (Fsp3) is 0.130. The normalized spacial score (nSPS) is 10.7. The van der Waals surface area contributed by atoms with Crippen LogP contribution in [0.25, 0.3) is 11.3 Å². The summed E-state index contributed by atoms with van der Waals surface area (Å²) in [5.41, 5.74) is 3.65. The molecule has 0 saturated carbocycles. The van der Waals surface area contributed by atoms with E-state index in [-0.39, 0.29) is 23.7 Å². The summed E-state index contributed by atoms with van der Waals surface area (Å²) in [6, 6.07) is 15.0. The number of hydrogen-bond acceptors (Lipinski definition) is 6. The molecule has 0 bridgehead atoms. The second-order valence-corrected chi connectivity index (χ2v) is 7.23. The third-order valence-electron chi connectivity index (χ3n) is 4.39. The molecule has 9 nitrogen and oxygen atoms in total. The van der Waals surface area contributed by atoms with Gasteiger partial charge in [-0.05, 0) is 48.9 Å². The van der Waals surface area contributed by atoms with E-state index in [2.05, 4.69) is 15.8 Å². The summed E-state index contributed by atoms with van der Waals surface area (Å²) in [5.74, 6) is -0.803. The maximum absolute atomic E-state index is 11.8. The van der Waals surface area contributed by atoms with Crippen LogP contribution in [0, 0.1) is 6.92 Å². The molecule has 3 rings (SSSR count). The lowest BCUT2D eigenvalue weighted by molar-refractivity contribution is -0.127. The van der Waals surface area contributed by atoms with Crippen LogP contribution in [0.1, 0.15) is 21.7 Å². The van der Waals surface area contributed by atoms with Gasteiger partial charge in [0, 0.05) is 5.56 Å². The number of carbonyl (C=O) groups excluding carboxylic acids is 2. The topological polar surface area (TPSA) is 130 Å². The highest BCUT2D eigenvalue weighted by Gasteiger charge is 2.12. The molecule has 0 atom stereocenters. The Hall–Kier alpha value is -4.11. The highest BCUT2D eigenvalue weighted by molar-refractivity contribution is 6.33. The second kappa shape index (κ2) is 11.0. The molecule has 0 aliphatic carbocycles. The zero-order valence-electron chi connectivity index (χ0n) is 17.5. The van der Waals surface area contributed by atoms with Crippen LogP contribution in [0.15, 0.2) is 64.1 Å². The first kappa shape index (κ1) is 23.6. The minimum atomic E-state index is -1.15. The van der Waals surface area contributed by atoms with Crippen LogP contribution in [0.5, 0.6) is 5.75 Å². The molecule has 3 aromatic rings. The zero-order chi connectivity index (χ0) is 23.8. The number of hydrazone groups is 1. The summed E-state index contributed by atoms with van der Waals surface area (Å²) in [6.07, 6.45) is 1.28. The number of aromatic carboxylic acids is 1. The van der Waals surface area contributed by atoms with Crippen molar-refractivity contribution in [3.63, 3.8) is 0 Å². The summed E-state index contributed by atoms with van der Waals surface area (Å²) < 4.78 is 11.0. The highest BCUT2D eigenvalue weighted by atomic mass is 35.5. The zero-order valence-corrected chi connectivity index (χ0v) is 18.3. The molecule has 2 aromatic carbocycles. The van der Waals surface area contributed by atoms with Gasteiger partial charge < -0.3 is 19.6 Å². The van der Waals surface area contributed by atoms with E-state index in [4.69, 9.17) is 20.8 Å². The Bertz CT molecular complexity index is 1200. The Morgan fingerprint density at radius 2 is 1.91 bits per heavy atom. The molecule has 10 heteroatoms. The Morgan fingerprint density at radius 1 is 1.12 bits per heavy atom. The van der Waals surface area contributed by atoms with Crippen molar-refractivity contribution in [2.24, 2.45) is 5.10 Å². The monoisotopic (exact) mass is 469 g/mol. The predicted octanol–water partition coefficient (Wildman–Crippen LogP) is 3.25. The number of nitrogens with zero attached hydrogens (tertiary/aromatic N) is 1. The van der Waals surface area contributed by atoms with Gasteiger partial charge in [0.2, 0.25) is 0 Å². The van der Waals surface area contributed by atoms with Crippen molar-refractivity contribution in [2.75, 3.05) is 13.2 Å². The van der Waals surface area contributed by atoms with Crippen LogP contribution in [0.2, 0.25) is 5.02 Å². The third kappa shape index (κ3) is 6.68. The SMILES string of the molecule is Cc1ccccc1OCC(=O)NCC(=O)N/N=C\c1ccc(-c2ccc(Cl)c(C(=O)O)c2)o1. The first-order valence-corrected chi connectivity index (χ1v) is 10.1. The molecule has 0 unspecified atom stereocenters. The number of rotatable bonds is 9. The Kier molecular flexibility index (Phi) is 7.82. The molecular formula is C23H20ClN3O6. The molecule has 33 heavy (non-hydrogen) atoms. The number of amides is 2. The van der Waals surface area contributed by atoms with E-state index < -0.39 is 17.8 Å². The molecule has 0 saturated heterocycles. The molecule has 0 radical (unpaired) electrons. The number of para-hydroxylation sites is 1. The van der Waals surface area contributed by atoms with Gasteiger partial charge in [-0.25, -0.2) is 10.2 Å². The summed E-state index contributed by atoms with van der Waals surface area (Å²) in [7, 11) is 0. The molecule has 0 aliphatic rings. The van der Waals surface area contributed by atoms with Gasteiger partial charge in [-0.2, -0.15) is 5.10 Å². The van der Waals surface area contributed by atoms with Crippen molar-refractivity contribution in [2.45, 2.75) is 6.92 Å². The van der Waals surface area contributed by atoms with Crippen LogP contribution >= 0.6 is 11.6 Å². The third-order valence-corrected chi connectivity index (χ3v) is 4.72. The number of benzene rings is 2. The van der Waals surface area contributed by atoms with Crippen molar-refractivity contribution in [1.29, 1.82) is 0 Å². The van der Waals surface area contributed by atoms with Crippen molar-refractivity contribution in [3.8, 4) is 17.1 Å². The number of carboxylic acids is 1. The number of nitrogens with one attached hydrogen (secondary N) is 2. The summed E-state index contributed by atoms with van der Waals surface area (Å²) in [5, 5.41) is 15.5. The van der Waals surface area contributed by atoms with E-state index in [1.807, 2.05) is 19.1 Å². The van der Waals surface area contributed by atoms with Crippen molar-refractivity contribution < 1.29 is 28.6 Å². The largest absolute Gasteiger partial charge is 0.484 e. The fourth-order valence-electron chi connectivity index (χ4n) is 2.72. The van der Waals surface area contributed by atoms with Gasteiger partial charge in [-0.15, -0.1) is 0 Å². The number of furan rings is 1. The average Bonchev–Trinajstić information content (AvgIpc) is 3.26. The molecule has 2 amide bonds. The first-order chi connectivity index (χ1) is 15.8. The van der Waals surface area contributed by atoms with Crippen LogP contribution in [0.4, 0.5) is 0 Å². The number of carbonyl (C=O) groups is 3. The van der Waals surface area contributed by atoms with E-state index >= 15 is 0 Å². The number of aryl methyl sites for hydroxylation is 1. The van der Waals surface area contributed by atoms with E-state index in [1.165, 1.54) is 18.3 Å². The van der Waals surface area contributed by atoms with Crippen molar-refractivity contribution in [1.82, 2.24) is 10.7 Å². The fourth-order valence-corrected chi connectivity index (χ4v) is 2.92. The van der Waals surface area contributed by atoms with Gasteiger partial charge in [0.15, 0.2) is 6.61 Å². The second-order valence-electron chi connectivity index (χ2n) is 6.83. The van der Waals surface area contributed by atoms with E-state index in [0.717, 1.165) is 5.56 Å². The molecule has 0 spiro atoms. The number of ether oxygens (including phenoxy) is 1. The van der Waals surface area contributed by atoms with E-state index in [0.29, 0.717) is 22.8 Å². The van der Waals surface area contributed by atoms with Gasteiger partial charge in [-0.3, -0.25) is 9.59 Å². The van der Waals surface area contributed by atoms with Crippen molar-refractivity contribution in [3.05, 3.63) is 76.5 Å². The minimum Gasteiger partial charge on any atom is -0.484 e. The minimum absolute atomic E-state index is 0.0422. The number of hydrogen-bond donors (Lipinski definition) is 3. The smallest absolute Gasteiger partial charge is 0.337 e. The summed E-state index contributed by atoms with van der Waals surface area (Å²) in [6.45, 7) is 1.37. The predicted molar refractivity (Wildman–Crippen MR) is 122 cm³/mol. The van der Waals surface area contributed by atoms with Gasteiger partial charge >= 0.3 is 5.97 Å². The molecule has 1 aromatic heterocycles. The van der Waals surface area contributed by atoms with Crippen molar-refractivity contribution >= 4 is 35.6 Å². The molecule has 170 valence electrons. The van der Waals surface area contributed by atoms with Crippen LogP contribution in [0.3, 0.4) is 0 Å². The van der Waals surface area contributed by atoms with Gasteiger partial charge in [0.05, 0.1) is 23.3 Å². The molecule has 0 fully saturated rings. The average molecular weight is 470 g/mol. The quantitative estimate of drug-likeness (QED) is 0.326. The van der Waals surface area contributed by atoms with Gasteiger partial charge in [0.1, 0.15) is 17.3 Å². The molecule has 0 aliphatic heterocycles. The molecular weight excluding hydrogens is 450 g/mol. The van der Waals surface area contributed by atoms with Crippen LogP contribution < -0.4 is 15.5 Å². The summed E-state index contributed by atoms with van der Waals surface area (Å²) in [4.78, 5) is 34.9. The van der Waals surface area contributed by atoms with Crippen LogP contribution in [-0.2, 0) is 9.59 Å². The number of carboxylic acid groups (broad SMARTS) is 1. The maximum Gasteiger partial charge on any atom is 0.337 e. The highest BCUT2D eigenvalue weighted by Crippen LogP contribution is 2.26. The van der Waals surface area contributed by atoms with E-state index in [9.17, 15) is 19.5 Å². The standard InChI is InChI=1S/C23H20ClN3O6/c1-14-4-2-3-5-19(14)32-13-22(29)25-12-21(28)27-26-11-16-7-9-20(33-16)15-6-8-18(24)17(10-15)23(30)31/h2-11H,12-13H2,1H3,(H,25,29)(H,27,28)(H,30,31)/b26-11-. The maximum atomic E-state index is 11.8. The lowest BCUT2D eigenvalue weighted by atomic mass is 10.1. The summed E-state index contributed by atoms with van der Waals surface area (Å²) >= 11 is 5.87. The Balaban J connectivity index is 1.46.